The van der Waals surface area contributed by atoms with E-state index in [9.17, 15) is 14.4 Å². The number of hydrogen-bond donors (Lipinski definition) is 0. The van der Waals surface area contributed by atoms with E-state index in [-0.39, 0.29) is 12.2 Å². The first-order valence-corrected chi connectivity index (χ1v) is 8.30. The average molecular weight is 347 g/mol. The highest BCUT2D eigenvalue weighted by Gasteiger charge is 2.55. The van der Waals surface area contributed by atoms with Crippen LogP contribution >= 0.6 is 11.3 Å². The SMILES string of the molecule is COC(=O)C1(C(=O)OC)CCn2c(C(=O)c3cc(C)cs3)ccc21. The van der Waals surface area contributed by atoms with Gasteiger partial charge in [-0.15, -0.1) is 11.3 Å². The van der Waals surface area contributed by atoms with Gasteiger partial charge in [-0.05, 0) is 42.5 Å². The Labute approximate surface area is 143 Å². The van der Waals surface area contributed by atoms with Gasteiger partial charge >= 0.3 is 11.9 Å². The van der Waals surface area contributed by atoms with Crippen LogP contribution in [0.3, 0.4) is 0 Å². The normalized spacial score (nSPS) is 15.0. The maximum Gasteiger partial charge on any atom is 0.329 e. The Morgan fingerprint density at radius 2 is 1.83 bits per heavy atom. The Morgan fingerprint density at radius 3 is 2.38 bits per heavy atom. The van der Waals surface area contributed by atoms with Gasteiger partial charge in [0.05, 0.1) is 24.8 Å². The summed E-state index contributed by atoms with van der Waals surface area (Å²) in [6.07, 6.45) is 0.215. The van der Waals surface area contributed by atoms with Crippen molar-refractivity contribution >= 4 is 29.1 Å². The van der Waals surface area contributed by atoms with Gasteiger partial charge in [0.2, 0.25) is 11.2 Å². The second-order valence-corrected chi connectivity index (χ2v) is 6.62. The van der Waals surface area contributed by atoms with Crippen molar-refractivity contribution in [1.82, 2.24) is 4.57 Å². The molecule has 0 atom stereocenters. The van der Waals surface area contributed by atoms with Crippen LogP contribution in [-0.4, -0.2) is 36.5 Å². The van der Waals surface area contributed by atoms with E-state index in [0.29, 0.717) is 22.8 Å². The van der Waals surface area contributed by atoms with Crippen LogP contribution < -0.4 is 0 Å². The molecule has 24 heavy (non-hydrogen) atoms. The third-order valence-corrected chi connectivity index (χ3v) is 5.43. The smallest absolute Gasteiger partial charge is 0.329 e. The van der Waals surface area contributed by atoms with Crippen molar-refractivity contribution in [2.24, 2.45) is 0 Å². The summed E-state index contributed by atoms with van der Waals surface area (Å²) >= 11 is 1.38. The molecule has 126 valence electrons. The maximum atomic E-state index is 12.7. The number of ketones is 1. The van der Waals surface area contributed by atoms with E-state index in [2.05, 4.69) is 0 Å². The molecule has 0 unspecified atom stereocenters. The highest BCUT2D eigenvalue weighted by molar-refractivity contribution is 7.12. The molecule has 0 saturated carbocycles. The van der Waals surface area contributed by atoms with E-state index in [0.717, 1.165) is 5.56 Å². The molecule has 3 heterocycles. The Balaban J connectivity index is 2.08. The third kappa shape index (κ3) is 2.19. The molecule has 0 aromatic carbocycles. The molecule has 2 aromatic rings. The number of hydrogen-bond acceptors (Lipinski definition) is 6. The molecule has 0 saturated heterocycles. The summed E-state index contributed by atoms with van der Waals surface area (Å²) in [5.41, 5.74) is 0.419. The van der Waals surface area contributed by atoms with Crippen LogP contribution in [0.5, 0.6) is 0 Å². The lowest BCUT2D eigenvalue weighted by molar-refractivity contribution is -0.161. The van der Waals surface area contributed by atoms with Gasteiger partial charge in [0.1, 0.15) is 0 Å². The first-order valence-electron chi connectivity index (χ1n) is 7.42. The van der Waals surface area contributed by atoms with Crippen molar-refractivity contribution in [3.8, 4) is 0 Å². The topological polar surface area (TPSA) is 74.6 Å². The second-order valence-electron chi connectivity index (χ2n) is 5.71. The summed E-state index contributed by atoms with van der Waals surface area (Å²) in [6, 6.07) is 5.11. The van der Waals surface area contributed by atoms with Crippen molar-refractivity contribution in [3.05, 3.63) is 45.4 Å². The van der Waals surface area contributed by atoms with Gasteiger partial charge in [-0.25, -0.2) is 0 Å². The van der Waals surface area contributed by atoms with Crippen LogP contribution in [0.15, 0.2) is 23.6 Å². The number of aryl methyl sites for hydroxylation is 1. The second kappa shape index (κ2) is 5.90. The predicted molar refractivity (Wildman–Crippen MR) is 87.2 cm³/mol. The fourth-order valence-electron chi connectivity index (χ4n) is 3.21. The van der Waals surface area contributed by atoms with Gasteiger partial charge in [-0.1, -0.05) is 0 Å². The molecular weight excluding hydrogens is 330 g/mol. The van der Waals surface area contributed by atoms with Gasteiger partial charge in [-0.2, -0.15) is 0 Å². The molecule has 0 aliphatic carbocycles. The van der Waals surface area contributed by atoms with Crippen molar-refractivity contribution < 1.29 is 23.9 Å². The lowest BCUT2D eigenvalue weighted by atomic mass is 9.83. The van der Waals surface area contributed by atoms with Crippen LogP contribution in [0, 0.1) is 6.92 Å². The molecule has 6 nitrogen and oxygen atoms in total. The number of methoxy groups -OCH3 is 2. The molecule has 0 spiro atoms. The van der Waals surface area contributed by atoms with Crippen LogP contribution in [0.25, 0.3) is 0 Å². The summed E-state index contributed by atoms with van der Waals surface area (Å²) in [5.74, 6) is -1.46. The number of thiophene rings is 1. The Bertz CT molecular complexity index is 816. The number of ether oxygens (including phenoxy) is 2. The first kappa shape index (κ1) is 16.4. The summed E-state index contributed by atoms with van der Waals surface area (Å²) in [6.45, 7) is 2.30. The van der Waals surface area contributed by atoms with Gasteiger partial charge < -0.3 is 14.0 Å². The van der Waals surface area contributed by atoms with Crippen molar-refractivity contribution in [1.29, 1.82) is 0 Å². The van der Waals surface area contributed by atoms with E-state index >= 15 is 0 Å². The molecule has 1 aliphatic heterocycles. The molecular formula is C17H17NO5S. The summed E-state index contributed by atoms with van der Waals surface area (Å²) in [7, 11) is 2.47. The number of esters is 2. The standard InChI is InChI=1S/C17H17NO5S/c1-10-8-12(24-9-10)14(19)11-4-5-13-17(15(20)22-2,16(21)23-3)6-7-18(11)13/h4-5,8-9H,6-7H2,1-3H3. The van der Waals surface area contributed by atoms with Crippen LogP contribution in [0.2, 0.25) is 0 Å². The number of nitrogens with zero attached hydrogens (tertiary/aromatic N) is 1. The number of rotatable bonds is 4. The van der Waals surface area contributed by atoms with Crippen LogP contribution in [0.4, 0.5) is 0 Å². The van der Waals surface area contributed by atoms with Crippen molar-refractivity contribution in [2.45, 2.75) is 25.3 Å². The minimum Gasteiger partial charge on any atom is -0.468 e. The van der Waals surface area contributed by atoms with Crippen molar-refractivity contribution in [3.63, 3.8) is 0 Å². The van der Waals surface area contributed by atoms with Gasteiger partial charge in [-0.3, -0.25) is 14.4 Å². The Kier molecular flexibility index (Phi) is 4.04. The zero-order valence-corrected chi connectivity index (χ0v) is 14.4. The highest BCUT2D eigenvalue weighted by atomic mass is 32.1. The zero-order valence-electron chi connectivity index (χ0n) is 13.6. The quantitative estimate of drug-likeness (QED) is 0.481. The number of carbonyl (C=O) groups excluding carboxylic acids is 3. The lowest BCUT2D eigenvalue weighted by Crippen LogP contribution is -2.43. The molecule has 1 aliphatic rings. The van der Waals surface area contributed by atoms with Crippen LogP contribution in [0.1, 0.15) is 33.0 Å². The number of aromatic nitrogens is 1. The fraction of sp³-hybridized carbons (Fsp3) is 0.353. The van der Waals surface area contributed by atoms with Gasteiger partial charge in [0, 0.05) is 12.2 Å². The Hall–Kier alpha value is -2.41. The summed E-state index contributed by atoms with van der Waals surface area (Å²) in [5, 5.41) is 1.91. The fourth-order valence-corrected chi connectivity index (χ4v) is 4.06. The molecule has 0 radical (unpaired) electrons. The largest absolute Gasteiger partial charge is 0.468 e. The van der Waals surface area contributed by atoms with E-state index in [1.54, 1.807) is 16.7 Å². The lowest BCUT2D eigenvalue weighted by Gasteiger charge is -2.22. The van der Waals surface area contributed by atoms with E-state index in [1.165, 1.54) is 25.6 Å². The number of fused-ring (bicyclic) bond motifs is 1. The average Bonchev–Trinajstić information content (AvgIpc) is 3.28. The molecule has 0 bridgehead atoms. The van der Waals surface area contributed by atoms with E-state index < -0.39 is 17.4 Å². The summed E-state index contributed by atoms with van der Waals surface area (Å²) in [4.78, 5) is 38.0. The maximum absolute atomic E-state index is 12.7. The highest BCUT2D eigenvalue weighted by Crippen LogP contribution is 2.39. The monoisotopic (exact) mass is 347 g/mol. The van der Waals surface area contributed by atoms with Crippen molar-refractivity contribution in [2.75, 3.05) is 14.2 Å². The molecule has 0 N–H and O–H groups in total. The number of carbonyl (C=O) groups is 3. The molecule has 0 fully saturated rings. The van der Waals surface area contributed by atoms with Gasteiger partial charge in [0.25, 0.3) is 0 Å². The first-order chi connectivity index (χ1) is 11.5. The van der Waals surface area contributed by atoms with Gasteiger partial charge in [0.15, 0.2) is 0 Å². The minimum absolute atomic E-state index is 0.120. The molecule has 2 aromatic heterocycles. The Morgan fingerprint density at radius 1 is 1.17 bits per heavy atom. The molecule has 3 rings (SSSR count). The van der Waals surface area contributed by atoms with E-state index in [4.69, 9.17) is 9.47 Å². The third-order valence-electron chi connectivity index (χ3n) is 4.38. The predicted octanol–water partition coefficient (Wildman–Crippen LogP) is 2.08. The minimum atomic E-state index is -1.51. The molecule has 0 amide bonds. The molecule has 7 heteroatoms. The van der Waals surface area contributed by atoms with E-state index in [1.807, 2.05) is 18.4 Å². The zero-order chi connectivity index (χ0) is 17.5. The van der Waals surface area contributed by atoms with Crippen LogP contribution in [-0.2, 0) is 31.0 Å². The summed E-state index contributed by atoms with van der Waals surface area (Å²) < 4.78 is 11.4.